The van der Waals surface area contributed by atoms with Gasteiger partial charge in [-0.05, 0) is 57.9 Å². The molecule has 3 aliphatic heterocycles. The lowest BCUT2D eigenvalue weighted by Gasteiger charge is -2.55. The van der Waals surface area contributed by atoms with Gasteiger partial charge in [0.05, 0.1) is 18.5 Å². The van der Waals surface area contributed by atoms with Gasteiger partial charge in [-0.2, -0.15) is 0 Å². The standard InChI is InChI=1S/C37H46N8O3/c1-37(2,3)48-36(46)44-22-28(23-44)43-20-27(21-43)42-17-15-41(16-18-42)26-11-12-32(34(19-26)47-4)40-35-38-14-13-31(39-35)30-24-45(25-9-10-25)33-8-6-5-7-29(30)33/h5-8,11-14,19,24-25,27-28H,9-10,15-18,20-23H2,1-4H3,(H,38,39,40). The first-order valence-corrected chi connectivity index (χ1v) is 17.3. The fourth-order valence-electron chi connectivity index (χ4n) is 7.26. The molecule has 48 heavy (non-hydrogen) atoms. The van der Waals surface area contributed by atoms with Gasteiger partial charge in [0.15, 0.2) is 0 Å². The minimum Gasteiger partial charge on any atom is -0.494 e. The van der Waals surface area contributed by atoms with Crippen molar-refractivity contribution in [2.24, 2.45) is 0 Å². The van der Waals surface area contributed by atoms with E-state index in [2.05, 4.69) is 78.2 Å². The molecule has 5 heterocycles. The van der Waals surface area contributed by atoms with Gasteiger partial charge < -0.3 is 29.2 Å². The van der Waals surface area contributed by atoms with E-state index >= 15 is 0 Å². The maximum atomic E-state index is 12.3. The second-order valence-corrected chi connectivity index (χ2v) is 14.6. The third-order valence-corrected chi connectivity index (χ3v) is 10.2. The quantitative estimate of drug-likeness (QED) is 0.261. The second-order valence-electron chi connectivity index (χ2n) is 14.6. The van der Waals surface area contributed by atoms with Crippen LogP contribution in [0.1, 0.15) is 39.7 Å². The van der Waals surface area contributed by atoms with Crippen molar-refractivity contribution >= 4 is 34.3 Å². The number of likely N-dealkylation sites (tertiary alicyclic amines) is 2. The molecule has 11 nitrogen and oxygen atoms in total. The number of benzene rings is 2. The third kappa shape index (κ3) is 6.17. The fourth-order valence-corrected chi connectivity index (χ4v) is 7.26. The zero-order chi connectivity index (χ0) is 33.0. The molecule has 0 radical (unpaired) electrons. The number of amides is 1. The van der Waals surface area contributed by atoms with Gasteiger partial charge in [-0.1, -0.05) is 18.2 Å². The van der Waals surface area contributed by atoms with Crippen LogP contribution < -0.4 is 15.0 Å². The first-order valence-electron chi connectivity index (χ1n) is 17.3. The van der Waals surface area contributed by atoms with Crippen LogP contribution >= 0.6 is 0 Å². The van der Waals surface area contributed by atoms with Crippen LogP contribution in [0.3, 0.4) is 0 Å². The molecule has 4 fully saturated rings. The lowest BCUT2D eigenvalue weighted by molar-refractivity contribution is -0.0584. The summed E-state index contributed by atoms with van der Waals surface area (Å²) in [5.41, 5.74) is 4.85. The number of methoxy groups -OCH3 is 1. The summed E-state index contributed by atoms with van der Waals surface area (Å²) in [6.07, 6.45) is 6.34. The lowest BCUT2D eigenvalue weighted by atomic mass is 9.98. The van der Waals surface area contributed by atoms with Crippen LogP contribution in [0.2, 0.25) is 0 Å². The number of hydrogen-bond acceptors (Lipinski definition) is 9. The smallest absolute Gasteiger partial charge is 0.410 e. The summed E-state index contributed by atoms with van der Waals surface area (Å²) in [6, 6.07) is 18.5. The Kier molecular flexibility index (Phi) is 7.91. The van der Waals surface area contributed by atoms with Gasteiger partial charge in [-0.15, -0.1) is 0 Å². The molecule has 252 valence electrons. The predicted octanol–water partition coefficient (Wildman–Crippen LogP) is 5.61. The maximum absolute atomic E-state index is 12.3. The summed E-state index contributed by atoms with van der Waals surface area (Å²) < 4.78 is 13.8. The van der Waals surface area contributed by atoms with Gasteiger partial charge in [-0.25, -0.2) is 14.8 Å². The third-order valence-electron chi connectivity index (χ3n) is 10.2. The van der Waals surface area contributed by atoms with E-state index in [9.17, 15) is 4.79 Å². The summed E-state index contributed by atoms with van der Waals surface area (Å²) in [5, 5.41) is 4.64. The number of para-hydroxylation sites is 1. The molecule has 2 aromatic carbocycles. The summed E-state index contributed by atoms with van der Waals surface area (Å²) >= 11 is 0. The molecule has 1 amide bonds. The van der Waals surface area contributed by atoms with Gasteiger partial charge in [0, 0.05) is 111 Å². The van der Waals surface area contributed by atoms with Gasteiger partial charge >= 0.3 is 6.09 Å². The number of nitrogens with zero attached hydrogens (tertiary/aromatic N) is 7. The number of carbonyl (C=O) groups is 1. The minimum absolute atomic E-state index is 0.196. The molecule has 11 heteroatoms. The first-order chi connectivity index (χ1) is 23.2. The van der Waals surface area contributed by atoms with E-state index in [1.165, 1.54) is 23.7 Å². The Morgan fingerprint density at radius 2 is 1.65 bits per heavy atom. The van der Waals surface area contributed by atoms with Crippen molar-refractivity contribution in [2.75, 3.05) is 69.7 Å². The Morgan fingerprint density at radius 3 is 2.38 bits per heavy atom. The molecule has 3 saturated heterocycles. The molecule has 0 spiro atoms. The number of aromatic nitrogens is 3. The number of anilines is 3. The molecule has 1 aliphatic carbocycles. The van der Waals surface area contributed by atoms with Crippen LogP contribution in [0.15, 0.2) is 60.9 Å². The Bertz CT molecular complexity index is 1790. The first kappa shape index (κ1) is 31.0. The number of hydrogen-bond donors (Lipinski definition) is 1. The highest BCUT2D eigenvalue weighted by molar-refractivity contribution is 5.95. The Labute approximate surface area is 282 Å². The van der Waals surface area contributed by atoms with Crippen molar-refractivity contribution in [3.8, 4) is 17.0 Å². The molecule has 4 aromatic rings. The van der Waals surface area contributed by atoms with E-state index in [0.29, 0.717) is 24.1 Å². The van der Waals surface area contributed by atoms with E-state index in [1.54, 1.807) is 7.11 Å². The van der Waals surface area contributed by atoms with Crippen LogP contribution in [0.25, 0.3) is 22.2 Å². The van der Waals surface area contributed by atoms with Crippen LogP contribution in [-0.2, 0) is 4.74 Å². The molecule has 1 N–H and O–H groups in total. The average molecular weight is 651 g/mol. The normalized spacial score (nSPS) is 19.7. The SMILES string of the molecule is COc1cc(N2CCN(C3CN(C4CN(C(=O)OC(C)(C)C)C4)C3)CC2)ccc1Nc1nccc(-c2cn(C3CC3)c3ccccc23)n1. The molecule has 0 atom stereocenters. The summed E-state index contributed by atoms with van der Waals surface area (Å²) in [6.45, 7) is 13.5. The Morgan fingerprint density at radius 1 is 0.896 bits per heavy atom. The molecular weight excluding hydrogens is 604 g/mol. The number of carbonyl (C=O) groups excluding carboxylic acids is 1. The molecule has 4 aliphatic rings. The highest BCUT2D eigenvalue weighted by Crippen LogP contribution is 2.41. The monoisotopic (exact) mass is 650 g/mol. The molecule has 2 aromatic heterocycles. The van der Waals surface area contributed by atoms with E-state index < -0.39 is 5.60 Å². The van der Waals surface area contributed by atoms with Crippen molar-refractivity contribution in [3.63, 3.8) is 0 Å². The van der Waals surface area contributed by atoms with Gasteiger partial charge in [0.2, 0.25) is 5.95 Å². The topological polar surface area (TPSA) is 91.2 Å². The van der Waals surface area contributed by atoms with Crippen molar-refractivity contribution < 1.29 is 14.3 Å². The van der Waals surface area contributed by atoms with E-state index in [1.807, 2.05) is 37.9 Å². The number of ether oxygens (including phenoxy) is 2. The summed E-state index contributed by atoms with van der Waals surface area (Å²) in [4.78, 5) is 31.1. The summed E-state index contributed by atoms with van der Waals surface area (Å²) in [7, 11) is 1.71. The zero-order valence-electron chi connectivity index (χ0n) is 28.4. The van der Waals surface area contributed by atoms with Crippen molar-refractivity contribution in [1.29, 1.82) is 0 Å². The number of rotatable bonds is 8. The van der Waals surface area contributed by atoms with Crippen molar-refractivity contribution in [2.45, 2.75) is 57.3 Å². The van der Waals surface area contributed by atoms with Gasteiger partial charge in [-0.3, -0.25) is 9.80 Å². The molecule has 0 unspecified atom stereocenters. The highest BCUT2D eigenvalue weighted by atomic mass is 16.6. The van der Waals surface area contributed by atoms with Crippen molar-refractivity contribution in [3.05, 3.63) is 60.9 Å². The molecule has 0 bridgehead atoms. The van der Waals surface area contributed by atoms with Gasteiger partial charge in [0.25, 0.3) is 0 Å². The second kappa shape index (κ2) is 12.3. The largest absolute Gasteiger partial charge is 0.494 e. The van der Waals surface area contributed by atoms with E-state index in [4.69, 9.17) is 14.5 Å². The fraction of sp³-hybridized carbons (Fsp3) is 0.486. The van der Waals surface area contributed by atoms with Crippen molar-refractivity contribution in [1.82, 2.24) is 29.2 Å². The van der Waals surface area contributed by atoms with Crippen LogP contribution in [0.4, 0.5) is 22.1 Å². The number of fused-ring (bicyclic) bond motifs is 1. The van der Waals surface area contributed by atoms with Gasteiger partial charge in [0.1, 0.15) is 11.4 Å². The zero-order valence-corrected chi connectivity index (χ0v) is 28.4. The molecular formula is C37H46N8O3. The number of nitrogens with one attached hydrogen (secondary N) is 1. The van der Waals surface area contributed by atoms with Crippen LogP contribution in [0, 0.1) is 0 Å². The van der Waals surface area contributed by atoms with E-state index in [-0.39, 0.29) is 6.09 Å². The maximum Gasteiger partial charge on any atom is 0.410 e. The average Bonchev–Trinajstić information content (AvgIpc) is 3.81. The Balaban J connectivity index is 0.859. The lowest BCUT2D eigenvalue weighted by Crippen LogP contribution is -2.71. The molecule has 1 saturated carbocycles. The van der Waals surface area contributed by atoms with Crippen LogP contribution in [0.5, 0.6) is 5.75 Å². The predicted molar refractivity (Wildman–Crippen MR) is 188 cm³/mol. The Hall–Kier alpha value is -4.35. The van der Waals surface area contributed by atoms with E-state index in [0.717, 1.165) is 80.7 Å². The highest BCUT2D eigenvalue weighted by Gasteiger charge is 2.43. The summed E-state index contributed by atoms with van der Waals surface area (Å²) in [5.74, 6) is 1.31. The molecule has 8 rings (SSSR count). The van der Waals surface area contributed by atoms with Crippen LogP contribution in [-0.4, -0.2) is 112 Å². The minimum atomic E-state index is -0.447. The number of piperazine rings is 1.